The van der Waals surface area contributed by atoms with E-state index in [1.807, 2.05) is 7.05 Å². The van der Waals surface area contributed by atoms with Crippen molar-refractivity contribution >= 4 is 11.9 Å². The van der Waals surface area contributed by atoms with Gasteiger partial charge >= 0.3 is 0 Å². The first kappa shape index (κ1) is 21.4. The number of aliphatic imine (C=N–C) groups is 1. The number of rotatable bonds is 8. The Bertz CT molecular complexity index is 521. The van der Waals surface area contributed by atoms with Crippen molar-refractivity contribution < 1.29 is 9.53 Å². The Hall–Kier alpha value is -1.34. The molecule has 0 aromatic heterocycles. The maximum absolute atomic E-state index is 12.0. The minimum absolute atomic E-state index is 0.0348. The first-order valence-corrected chi connectivity index (χ1v) is 11.3. The Labute approximate surface area is 170 Å². The first-order valence-electron chi connectivity index (χ1n) is 11.3. The summed E-state index contributed by atoms with van der Waals surface area (Å²) in [4.78, 5) is 21.1. The number of ether oxygens (including phenoxy) is 1. The number of carbonyl (C=O) groups is 1. The molecule has 0 unspecified atom stereocenters. The second kappa shape index (κ2) is 10.4. The smallest absolute Gasteiger partial charge is 0.234 e. The predicted octanol–water partition coefficient (Wildman–Crippen LogP) is 1.59. The van der Waals surface area contributed by atoms with Gasteiger partial charge in [-0.3, -0.25) is 14.7 Å². The Morgan fingerprint density at radius 2 is 1.86 bits per heavy atom. The van der Waals surface area contributed by atoms with Crippen molar-refractivity contribution in [2.75, 3.05) is 52.9 Å². The highest BCUT2D eigenvalue weighted by Crippen LogP contribution is 2.31. The van der Waals surface area contributed by atoms with Crippen LogP contribution in [0.5, 0.6) is 0 Å². The standard InChI is InChI=1S/C21H39N5O2/c1-3-15-28-21(9-5-4-6-10-21)17-23-20(22-2)26-13-11-25(12-14-26)16-19(27)24-18-7-8-18/h18H,3-17H2,1-2H3,(H,22,23)(H,24,27). The molecule has 1 amide bonds. The summed E-state index contributed by atoms with van der Waals surface area (Å²) in [5, 5.41) is 6.68. The maximum Gasteiger partial charge on any atom is 0.234 e. The molecule has 1 saturated heterocycles. The van der Waals surface area contributed by atoms with E-state index in [0.29, 0.717) is 12.6 Å². The van der Waals surface area contributed by atoms with Gasteiger partial charge in [-0.2, -0.15) is 0 Å². The third-order valence-corrected chi connectivity index (χ3v) is 6.14. The molecule has 3 rings (SSSR count). The molecule has 0 aromatic carbocycles. The van der Waals surface area contributed by atoms with Gasteiger partial charge in [0.15, 0.2) is 5.96 Å². The Kier molecular flexibility index (Phi) is 7.97. The van der Waals surface area contributed by atoms with E-state index in [9.17, 15) is 4.79 Å². The van der Waals surface area contributed by atoms with Crippen LogP contribution < -0.4 is 10.6 Å². The van der Waals surface area contributed by atoms with Gasteiger partial charge in [-0.15, -0.1) is 0 Å². The molecular formula is C21H39N5O2. The first-order chi connectivity index (χ1) is 13.6. The van der Waals surface area contributed by atoms with Gasteiger partial charge in [0, 0.05) is 52.4 Å². The van der Waals surface area contributed by atoms with Crippen LogP contribution in [0, 0.1) is 0 Å². The van der Waals surface area contributed by atoms with Gasteiger partial charge in [-0.25, -0.2) is 0 Å². The van der Waals surface area contributed by atoms with Crippen LogP contribution in [0.2, 0.25) is 0 Å². The second-order valence-electron chi connectivity index (χ2n) is 8.60. The van der Waals surface area contributed by atoms with Gasteiger partial charge in [0.2, 0.25) is 5.91 Å². The van der Waals surface area contributed by atoms with Gasteiger partial charge in [0.25, 0.3) is 0 Å². The third kappa shape index (κ3) is 6.34. The molecule has 1 heterocycles. The van der Waals surface area contributed by atoms with Crippen molar-refractivity contribution in [1.29, 1.82) is 0 Å². The summed E-state index contributed by atoms with van der Waals surface area (Å²) in [5.41, 5.74) is -0.0348. The summed E-state index contributed by atoms with van der Waals surface area (Å²) < 4.78 is 6.31. The molecule has 7 heteroatoms. The molecule has 3 fully saturated rings. The fourth-order valence-electron chi connectivity index (χ4n) is 4.28. The van der Waals surface area contributed by atoms with Crippen molar-refractivity contribution in [2.24, 2.45) is 4.99 Å². The fourth-order valence-corrected chi connectivity index (χ4v) is 4.28. The van der Waals surface area contributed by atoms with E-state index in [2.05, 4.69) is 32.3 Å². The van der Waals surface area contributed by atoms with Gasteiger partial charge in [-0.1, -0.05) is 26.2 Å². The summed E-state index contributed by atoms with van der Waals surface area (Å²) >= 11 is 0. The quantitative estimate of drug-likeness (QED) is 0.484. The van der Waals surface area contributed by atoms with Crippen molar-refractivity contribution in [3.63, 3.8) is 0 Å². The molecule has 1 aliphatic heterocycles. The molecule has 160 valence electrons. The summed E-state index contributed by atoms with van der Waals surface area (Å²) in [5.74, 6) is 1.14. The monoisotopic (exact) mass is 393 g/mol. The molecule has 0 aromatic rings. The molecule has 3 aliphatic rings. The summed E-state index contributed by atoms with van der Waals surface area (Å²) in [6, 6.07) is 0.443. The van der Waals surface area contributed by atoms with E-state index in [1.165, 1.54) is 19.3 Å². The summed E-state index contributed by atoms with van der Waals surface area (Å²) in [7, 11) is 1.86. The number of guanidine groups is 1. The SMILES string of the molecule is CCCOC1(CNC(=NC)N2CCN(CC(=O)NC3CC3)CC2)CCCCC1. The lowest BCUT2D eigenvalue weighted by molar-refractivity contribution is -0.122. The van der Waals surface area contributed by atoms with E-state index < -0.39 is 0 Å². The van der Waals surface area contributed by atoms with Crippen molar-refractivity contribution in [3.05, 3.63) is 0 Å². The topological polar surface area (TPSA) is 69.2 Å². The number of piperazine rings is 1. The van der Waals surface area contributed by atoms with E-state index in [0.717, 1.165) is 77.4 Å². The highest BCUT2D eigenvalue weighted by Gasteiger charge is 2.33. The average molecular weight is 394 g/mol. The normalized spacial score (nSPS) is 23.5. The molecule has 0 bridgehead atoms. The summed E-state index contributed by atoms with van der Waals surface area (Å²) in [6.07, 6.45) is 9.46. The number of hydrogen-bond donors (Lipinski definition) is 2. The van der Waals surface area contributed by atoms with Crippen LogP contribution in [0.3, 0.4) is 0 Å². The van der Waals surface area contributed by atoms with Gasteiger partial charge < -0.3 is 20.3 Å². The molecule has 0 spiro atoms. The van der Waals surface area contributed by atoms with Gasteiger partial charge in [-0.05, 0) is 32.1 Å². The van der Waals surface area contributed by atoms with E-state index >= 15 is 0 Å². The molecule has 7 nitrogen and oxygen atoms in total. The predicted molar refractivity (Wildman–Crippen MR) is 113 cm³/mol. The van der Waals surface area contributed by atoms with E-state index in [1.54, 1.807) is 0 Å². The molecular weight excluding hydrogens is 354 g/mol. The molecule has 2 N–H and O–H groups in total. The van der Waals surface area contributed by atoms with E-state index in [-0.39, 0.29) is 11.5 Å². The minimum Gasteiger partial charge on any atom is -0.373 e. The Morgan fingerprint density at radius 3 is 2.46 bits per heavy atom. The number of hydrogen-bond acceptors (Lipinski definition) is 4. The lowest BCUT2D eigenvalue weighted by atomic mass is 9.84. The maximum atomic E-state index is 12.0. The van der Waals surface area contributed by atoms with Gasteiger partial charge in [0.05, 0.1) is 12.1 Å². The second-order valence-corrected chi connectivity index (χ2v) is 8.60. The third-order valence-electron chi connectivity index (χ3n) is 6.14. The Morgan fingerprint density at radius 1 is 1.14 bits per heavy atom. The number of nitrogens with zero attached hydrogens (tertiary/aromatic N) is 3. The van der Waals surface area contributed by atoms with E-state index in [4.69, 9.17) is 4.74 Å². The molecule has 2 saturated carbocycles. The van der Waals surface area contributed by atoms with Crippen molar-refractivity contribution in [2.45, 2.75) is 69.9 Å². The van der Waals surface area contributed by atoms with Crippen molar-refractivity contribution in [1.82, 2.24) is 20.4 Å². The summed E-state index contributed by atoms with van der Waals surface area (Å²) in [6.45, 7) is 7.97. The molecule has 2 aliphatic carbocycles. The van der Waals surface area contributed by atoms with Crippen LogP contribution in [0.25, 0.3) is 0 Å². The largest absolute Gasteiger partial charge is 0.373 e. The number of carbonyl (C=O) groups excluding carboxylic acids is 1. The minimum atomic E-state index is -0.0348. The van der Waals surface area contributed by atoms with Crippen LogP contribution in [-0.4, -0.2) is 86.2 Å². The lowest BCUT2D eigenvalue weighted by Gasteiger charge is -2.40. The fraction of sp³-hybridized carbons (Fsp3) is 0.905. The van der Waals surface area contributed by atoms with Crippen LogP contribution in [0.15, 0.2) is 4.99 Å². The number of amides is 1. The average Bonchev–Trinajstić information content (AvgIpc) is 3.53. The zero-order valence-corrected chi connectivity index (χ0v) is 17.8. The highest BCUT2D eigenvalue weighted by molar-refractivity contribution is 5.80. The lowest BCUT2D eigenvalue weighted by Crippen LogP contribution is -2.56. The van der Waals surface area contributed by atoms with Crippen LogP contribution in [0.4, 0.5) is 0 Å². The van der Waals surface area contributed by atoms with Crippen LogP contribution in [0.1, 0.15) is 58.3 Å². The Balaban J connectivity index is 1.43. The molecule has 28 heavy (non-hydrogen) atoms. The van der Waals surface area contributed by atoms with Crippen LogP contribution >= 0.6 is 0 Å². The van der Waals surface area contributed by atoms with Gasteiger partial charge in [0.1, 0.15) is 0 Å². The molecule has 0 atom stereocenters. The molecule has 0 radical (unpaired) electrons. The van der Waals surface area contributed by atoms with Crippen LogP contribution in [-0.2, 0) is 9.53 Å². The van der Waals surface area contributed by atoms with Crippen molar-refractivity contribution in [3.8, 4) is 0 Å². The number of nitrogens with one attached hydrogen (secondary N) is 2. The zero-order chi connectivity index (χ0) is 19.8. The zero-order valence-electron chi connectivity index (χ0n) is 17.8. The highest BCUT2D eigenvalue weighted by atomic mass is 16.5.